The van der Waals surface area contributed by atoms with Gasteiger partial charge in [0, 0.05) is 24.7 Å². The van der Waals surface area contributed by atoms with Crippen LogP contribution in [0.3, 0.4) is 0 Å². The predicted octanol–water partition coefficient (Wildman–Crippen LogP) is 1.30. The summed E-state index contributed by atoms with van der Waals surface area (Å²) in [6, 6.07) is 1.55. The second-order valence-corrected chi connectivity index (χ2v) is 3.58. The molecule has 0 radical (unpaired) electrons. The van der Waals surface area contributed by atoms with E-state index in [1.807, 2.05) is 20.2 Å². The summed E-state index contributed by atoms with van der Waals surface area (Å²) in [4.78, 5) is 17.9. The van der Waals surface area contributed by atoms with Gasteiger partial charge in [-0.1, -0.05) is 0 Å². The molecule has 2 aromatic heterocycles. The lowest BCUT2D eigenvalue weighted by atomic mass is 10.2. The Morgan fingerprint density at radius 2 is 2.29 bits per heavy atom. The zero-order valence-electron chi connectivity index (χ0n) is 7.87. The van der Waals surface area contributed by atoms with E-state index in [9.17, 15) is 4.79 Å². The van der Waals surface area contributed by atoms with Crippen molar-refractivity contribution in [1.29, 1.82) is 0 Å². The molecule has 0 aliphatic heterocycles. The smallest absolute Gasteiger partial charge is 0.249 e. The molecule has 0 spiro atoms. The zero-order valence-corrected chi connectivity index (χ0v) is 8.68. The maximum absolute atomic E-state index is 11.2. The minimum atomic E-state index is -0.147. The van der Waals surface area contributed by atoms with Crippen molar-refractivity contribution in [2.45, 2.75) is 6.92 Å². The topological polar surface area (TPSA) is 50.7 Å². The van der Waals surface area contributed by atoms with Crippen LogP contribution < -0.4 is 5.56 Å². The van der Waals surface area contributed by atoms with Crippen molar-refractivity contribution in [3.05, 3.63) is 33.0 Å². The van der Waals surface area contributed by atoms with Gasteiger partial charge in [0.25, 0.3) is 0 Å². The molecular formula is C9H9N3OS. The second-order valence-electron chi connectivity index (χ2n) is 3.21. The van der Waals surface area contributed by atoms with Gasteiger partial charge >= 0.3 is 0 Å². The van der Waals surface area contributed by atoms with E-state index in [0.717, 1.165) is 10.9 Å². The van der Waals surface area contributed by atoms with E-state index in [0.29, 0.717) is 10.4 Å². The third-order valence-electron chi connectivity index (χ3n) is 2.10. The van der Waals surface area contributed by atoms with E-state index in [2.05, 4.69) is 9.97 Å². The first-order valence-electron chi connectivity index (χ1n) is 4.15. The van der Waals surface area contributed by atoms with Gasteiger partial charge in [0.15, 0.2) is 0 Å². The average Bonchev–Trinajstić information content (AvgIpc) is 2.08. The number of nitrogens with one attached hydrogen (secondary N) is 1. The van der Waals surface area contributed by atoms with Crippen LogP contribution in [-0.4, -0.2) is 14.5 Å². The van der Waals surface area contributed by atoms with Gasteiger partial charge in [-0.2, -0.15) is 0 Å². The molecule has 1 N–H and O–H groups in total. The summed E-state index contributed by atoms with van der Waals surface area (Å²) in [5.74, 6) is 0. The molecule has 0 atom stereocenters. The van der Waals surface area contributed by atoms with Gasteiger partial charge in [0.1, 0.15) is 5.65 Å². The Bertz CT molecular complexity index is 611. The lowest BCUT2D eigenvalue weighted by Gasteiger charge is -2.03. The molecule has 0 unspecified atom stereocenters. The van der Waals surface area contributed by atoms with Crippen molar-refractivity contribution in [1.82, 2.24) is 14.5 Å². The lowest BCUT2D eigenvalue weighted by molar-refractivity contribution is 0.855. The highest BCUT2D eigenvalue weighted by Crippen LogP contribution is 2.10. The summed E-state index contributed by atoms with van der Waals surface area (Å²) in [5.41, 5.74) is 1.31. The molecule has 2 heterocycles. The van der Waals surface area contributed by atoms with Crippen molar-refractivity contribution in [3.63, 3.8) is 0 Å². The van der Waals surface area contributed by atoms with Gasteiger partial charge in [-0.05, 0) is 24.7 Å². The standard InChI is InChI=1S/C9H9N3OS/c1-5-3-7(13)10-8-6(5)4-12(2)9(14)11-8/h3-4H,1-2H3,(H,10,11,13,14). The number of aryl methyl sites for hydroxylation is 2. The van der Waals surface area contributed by atoms with Gasteiger partial charge in [-0.15, -0.1) is 0 Å². The third-order valence-corrected chi connectivity index (χ3v) is 2.48. The fourth-order valence-electron chi connectivity index (χ4n) is 1.36. The number of fused-ring (bicyclic) bond motifs is 1. The summed E-state index contributed by atoms with van der Waals surface area (Å²) < 4.78 is 2.21. The number of H-pyrrole nitrogens is 1. The van der Waals surface area contributed by atoms with E-state index in [1.54, 1.807) is 10.6 Å². The van der Waals surface area contributed by atoms with Gasteiger partial charge in [0.05, 0.1) is 0 Å². The van der Waals surface area contributed by atoms with Crippen molar-refractivity contribution in [3.8, 4) is 0 Å². The second kappa shape index (κ2) is 3.02. The largest absolute Gasteiger partial charge is 0.326 e. The Kier molecular flexibility index (Phi) is 1.96. The fourth-order valence-corrected chi connectivity index (χ4v) is 1.50. The molecule has 72 valence electrons. The molecule has 0 fully saturated rings. The summed E-state index contributed by atoms with van der Waals surface area (Å²) in [7, 11) is 1.83. The molecule has 0 aliphatic rings. The molecule has 0 aliphatic carbocycles. The molecule has 5 heteroatoms. The van der Waals surface area contributed by atoms with Crippen LogP contribution in [0.15, 0.2) is 17.1 Å². The van der Waals surface area contributed by atoms with Gasteiger partial charge in [-0.25, -0.2) is 4.98 Å². The van der Waals surface area contributed by atoms with Crippen LogP contribution in [0.4, 0.5) is 0 Å². The highest BCUT2D eigenvalue weighted by molar-refractivity contribution is 7.71. The third kappa shape index (κ3) is 1.35. The lowest BCUT2D eigenvalue weighted by Crippen LogP contribution is -2.08. The van der Waals surface area contributed by atoms with Crippen molar-refractivity contribution < 1.29 is 0 Å². The maximum Gasteiger partial charge on any atom is 0.249 e. The first-order valence-corrected chi connectivity index (χ1v) is 4.56. The number of aromatic nitrogens is 3. The van der Waals surface area contributed by atoms with Crippen molar-refractivity contribution in [2.75, 3.05) is 0 Å². The van der Waals surface area contributed by atoms with E-state index in [4.69, 9.17) is 12.2 Å². The van der Waals surface area contributed by atoms with Crippen LogP contribution in [0.25, 0.3) is 11.0 Å². The molecule has 0 amide bonds. The average molecular weight is 207 g/mol. The molecule has 14 heavy (non-hydrogen) atoms. The first kappa shape index (κ1) is 9.08. The summed E-state index contributed by atoms with van der Waals surface area (Å²) in [6.45, 7) is 1.88. The van der Waals surface area contributed by atoms with Gasteiger partial charge < -0.3 is 9.55 Å². The van der Waals surface area contributed by atoms with Crippen LogP contribution in [0, 0.1) is 11.7 Å². The number of hydrogen-bond acceptors (Lipinski definition) is 3. The highest BCUT2D eigenvalue weighted by atomic mass is 32.1. The van der Waals surface area contributed by atoms with Crippen LogP contribution in [-0.2, 0) is 7.05 Å². The number of nitrogens with zero attached hydrogens (tertiary/aromatic N) is 2. The Balaban J connectivity index is 3.03. The minimum Gasteiger partial charge on any atom is -0.326 e. The molecule has 0 bridgehead atoms. The zero-order chi connectivity index (χ0) is 10.3. The highest BCUT2D eigenvalue weighted by Gasteiger charge is 2.01. The monoisotopic (exact) mass is 207 g/mol. The Morgan fingerprint density at radius 3 is 3.00 bits per heavy atom. The SMILES string of the molecule is Cc1cc(=O)[nH]c2nc(=S)n(C)cc12. The molecule has 0 saturated carbocycles. The van der Waals surface area contributed by atoms with Crippen LogP contribution in [0.1, 0.15) is 5.56 Å². The molecule has 2 aromatic rings. The number of pyridine rings is 1. The fraction of sp³-hybridized carbons (Fsp3) is 0.222. The Labute approximate surface area is 85.2 Å². The first-order chi connectivity index (χ1) is 6.58. The molecule has 2 rings (SSSR count). The normalized spacial score (nSPS) is 10.7. The van der Waals surface area contributed by atoms with E-state index in [-0.39, 0.29) is 5.56 Å². The summed E-state index contributed by atoms with van der Waals surface area (Å²) in [5, 5.41) is 0.917. The van der Waals surface area contributed by atoms with E-state index in [1.165, 1.54) is 0 Å². The molecular weight excluding hydrogens is 198 g/mol. The van der Waals surface area contributed by atoms with Crippen molar-refractivity contribution in [2.24, 2.45) is 7.05 Å². The molecule has 4 nitrogen and oxygen atoms in total. The minimum absolute atomic E-state index is 0.147. The van der Waals surface area contributed by atoms with Gasteiger partial charge in [0.2, 0.25) is 10.3 Å². The van der Waals surface area contributed by atoms with Crippen LogP contribution in [0.5, 0.6) is 0 Å². The van der Waals surface area contributed by atoms with Gasteiger partial charge in [-0.3, -0.25) is 4.79 Å². The number of rotatable bonds is 0. The summed E-state index contributed by atoms with van der Waals surface area (Å²) >= 11 is 5.00. The van der Waals surface area contributed by atoms with Crippen molar-refractivity contribution >= 4 is 23.3 Å². The predicted molar refractivity (Wildman–Crippen MR) is 56.9 cm³/mol. The van der Waals surface area contributed by atoms with Crippen LogP contribution in [0.2, 0.25) is 0 Å². The Hall–Kier alpha value is -1.49. The molecule has 0 saturated heterocycles. The quantitative estimate of drug-likeness (QED) is 0.662. The van der Waals surface area contributed by atoms with E-state index < -0.39 is 0 Å². The number of aromatic amines is 1. The van der Waals surface area contributed by atoms with E-state index >= 15 is 0 Å². The maximum atomic E-state index is 11.2. The summed E-state index contributed by atoms with van der Waals surface area (Å²) in [6.07, 6.45) is 1.87. The molecule has 0 aromatic carbocycles. The Morgan fingerprint density at radius 1 is 1.57 bits per heavy atom. The number of hydrogen-bond donors (Lipinski definition) is 1. The van der Waals surface area contributed by atoms with Crippen LogP contribution >= 0.6 is 12.2 Å².